The minimum absolute atomic E-state index is 0.0340. The van der Waals surface area contributed by atoms with E-state index in [4.69, 9.17) is 0 Å². The molecule has 0 aromatic carbocycles. The number of nitrogens with zero attached hydrogens (tertiary/aromatic N) is 2. The maximum absolute atomic E-state index is 12.9. The van der Waals surface area contributed by atoms with Gasteiger partial charge in [-0.15, -0.1) is 0 Å². The first-order valence-electron chi connectivity index (χ1n) is 6.96. The van der Waals surface area contributed by atoms with Crippen LogP contribution in [0.25, 0.3) is 0 Å². The SMILES string of the molecule is O=C1CC(c2cncc(C(F)(F)F)c2)([C@H](O)c2ccccn2)C1. The first-order chi connectivity index (χ1) is 10.8. The van der Waals surface area contributed by atoms with Gasteiger partial charge in [-0.3, -0.25) is 14.8 Å². The first kappa shape index (κ1) is 15.6. The normalized spacial score (nSPS) is 18.3. The van der Waals surface area contributed by atoms with Crippen LogP contribution in [0.15, 0.2) is 42.9 Å². The fourth-order valence-electron chi connectivity index (χ4n) is 2.90. The Kier molecular flexibility index (Phi) is 3.68. The van der Waals surface area contributed by atoms with Gasteiger partial charge in [0.25, 0.3) is 0 Å². The molecule has 0 spiro atoms. The van der Waals surface area contributed by atoms with Gasteiger partial charge in [0.05, 0.1) is 11.3 Å². The molecular weight excluding hydrogens is 309 g/mol. The lowest BCUT2D eigenvalue weighted by Gasteiger charge is -2.44. The molecule has 0 radical (unpaired) electrons. The summed E-state index contributed by atoms with van der Waals surface area (Å²) in [5.41, 5.74) is -1.50. The van der Waals surface area contributed by atoms with E-state index in [1.807, 2.05) is 0 Å². The number of aliphatic hydroxyl groups is 1. The molecule has 0 bridgehead atoms. The molecule has 0 unspecified atom stereocenters. The second-order valence-electron chi connectivity index (χ2n) is 5.67. The van der Waals surface area contributed by atoms with Crippen molar-refractivity contribution in [2.75, 3.05) is 0 Å². The third kappa shape index (κ3) is 2.72. The van der Waals surface area contributed by atoms with Crippen LogP contribution in [0.1, 0.15) is 35.8 Å². The quantitative estimate of drug-likeness (QED) is 0.944. The smallest absolute Gasteiger partial charge is 0.386 e. The van der Waals surface area contributed by atoms with Crippen molar-refractivity contribution < 1.29 is 23.1 Å². The van der Waals surface area contributed by atoms with Crippen LogP contribution in [0.5, 0.6) is 0 Å². The molecule has 4 nitrogen and oxygen atoms in total. The van der Waals surface area contributed by atoms with Crippen molar-refractivity contribution in [3.63, 3.8) is 0 Å². The number of hydrogen-bond donors (Lipinski definition) is 1. The summed E-state index contributed by atoms with van der Waals surface area (Å²) in [4.78, 5) is 19.2. The zero-order chi connectivity index (χ0) is 16.7. The van der Waals surface area contributed by atoms with E-state index < -0.39 is 23.3 Å². The highest BCUT2D eigenvalue weighted by atomic mass is 19.4. The van der Waals surface area contributed by atoms with Gasteiger partial charge < -0.3 is 5.11 Å². The van der Waals surface area contributed by atoms with Crippen LogP contribution >= 0.6 is 0 Å². The Morgan fingerprint density at radius 3 is 2.52 bits per heavy atom. The Morgan fingerprint density at radius 2 is 1.96 bits per heavy atom. The number of aliphatic hydroxyl groups excluding tert-OH is 1. The van der Waals surface area contributed by atoms with Crippen LogP contribution in [-0.4, -0.2) is 20.9 Å². The Morgan fingerprint density at radius 1 is 1.22 bits per heavy atom. The Hall–Kier alpha value is -2.28. The summed E-state index contributed by atoms with van der Waals surface area (Å²) >= 11 is 0. The maximum Gasteiger partial charge on any atom is 0.417 e. The molecule has 2 aromatic heterocycles. The summed E-state index contributed by atoms with van der Waals surface area (Å²) in [5, 5.41) is 10.6. The molecule has 0 saturated heterocycles. The molecule has 1 saturated carbocycles. The Bertz CT molecular complexity index is 724. The molecule has 23 heavy (non-hydrogen) atoms. The molecule has 1 atom stereocenters. The van der Waals surface area contributed by atoms with Gasteiger partial charge in [-0.05, 0) is 23.8 Å². The fraction of sp³-hybridized carbons (Fsp3) is 0.312. The molecule has 120 valence electrons. The van der Waals surface area contributed by atoms with E-state index in [2.05, 4.69) is 9.97 Å². The van der Waals surface area contributed by atoms with Crippen LogP contribution in [0.4, 0.5) is 13.2 Å². The van der Waals surface area contributed by atoms with Gasteiger partial charge in [0.15, 0.2) is 0 Å². The number of ketones is 1. The summed E-state index contributed by atoms with van der Waals surface area (Å²) in [5.74, 6) is -0.114. The minimum atomic E-state index is -4.53. The second-order valence-corrected chi connectivity index (χ2v) is 5.67. The van der Waals surface area contributed by atoms with Crippen molar-refractivity contribution >= 4 is 5.78 Å². The van der Waals surface area contributed by atoms with E-state index in [9.17, 15) is 23.1 Å². The van der Waals surface area contributed by atoms with Gasteiger partial charge in [-0.1, -0.05) is 6.07 Å². The third-order valence-corrected chi connectivity index (χ3v) is 4.16. The Balaban J connectivity index is 2.04. The van der Waals surface area contributed by atoms with Gasteiger partial charge in [0, 0.05) is 36.8 Å². The summed E-state index contributed by atoms with van der Waals surface area (Å²) in [6, 6.07) is 5.87. The van der Waals surface area contributed by atoms with Crippen molar-refractivity contribution in [1.29, 1.82) is 0 Å². The largest absolute Gasteiger partial charge is 0.417 e. The van der Waals surface area contributed by atoms with E-state index in [0.29, 0.717) is 5.69 Å². The summed E-state index contributed by atoms with van der Waals surface area (Å²) in [6.45, 7) is 0. The van der Waals surface area contributed by atoms with Crippen LogP contribution in [-0.2, 0) is 16.4 Å². The Labute approximate surface area is 130 Å². The minimum Gasteiger partial charge on any atom is -0.386 e. The highest BCUT2D eigenvalue weighted by Gasteiger charge is 2.52. The molecular formula is C16H13F3N2O2. The number of halogens is 3. The van der Waals surface area contributed by atoms with Gasteiger partial charge in [0.1, 0.15) is 11.9 Å². The summed E-state index contributed by atoms with van der Waals surface area (Å²) in [6.07, 6.45) is -2.29. The van der Waals surface area contributed by atoms with Crippen molar-refractivity contribution in [1.82, 2.24) is 9.97 Å². The number of rotatable bonds is 3. The zero-order valence-corrected chi connectivity index (χ0v) is 11.9. The molecule has 2 heterocycles. The van der Waals surface area contributed by atoms with Crippen molar-refractivity contribution in [3.05, 3.63) is 59.7 Å². The van der Waals surface area contributed by atoms with Crippen molar-refractivity contribution in [3.8, 4) is 0 Å². The van der Waals surface area contributed by atoms with Crippen LogP contribution in [0.2, 0.25) is 0 Å². The topological polar surface area (TPSA) is 63.1 Å². The number of pyridine rings is 2. The highest BCUT2D eigenvalue weighted by molar-refractivity contribution is 5.89. The van der Waals surface area contributed by atoms with Gasteiger partial charge in [-0.25, -0.2) is 0 Å². The lowest BCUT2D eigenvalue weighted by molar-refractivity contribution is -0.138. The van der Waals surface area contributed by atoms with Gasteiger partial charge in [0.2, 0.25) is 0 Å². The number of hydrogen-bond acceptors (Lipinski definition) is 4. The molecule has 1 aliphatic rings. The van der Waals surface area contributed by atoms with Crippen LogP contribution < -0.4 is 0 Å². The van der Waals surface area contributed by atoms with E-state index in [1.165, 1.54) is 12.4 Å². The molecule has 0 aliphatic heterocycles. The average molecular weight is 322 g/mol. The molecule has 0 amide bonds. The standard InChI is InChI=1S/C16H13F3N2O2/c17-16(18,19)11-5-10(8-20-9-11)15(6-12(22)7-15)14(23)13-3-1-2-4-21-13/h1-5,8-9,14,23H,6-7H2/t14-/m1/s1. The first-order valence-corrected chi connectivity index (χ1v) is 6.96. The molecule has 1 fully saturated rings. The van der Waals surface area contributed by atoms with E-state index >= 15 is 0 Å². The van der Waals surface area contributed by atoms with E-state index in [-0.39, 0.29) is 24.2 Å². The van der Waals surface area contributed by atoms with Crippen LogP contribution in [0.3, 0.4) is 0 Å². The summed E-state index contributed by atoms with van der Waals surface area (Å²) in [7, 11) is 0. The molecule has 1 N–H and O–H groups in total. The molecule has 1 aliphatic carbocycles. The third-order valence-electron chi connectivity index (χ3n) is 4.16. The highest BCUT2D eigenvalue weighted by Crippen LogP contribution is 2.50. The number of alkyl halides is 3. The number of aromatic nitrogens is 2. The average Bonchev–Trinajstić information content (AvgIpc) is 2.51. The number of carbonyl (C=O) groups is 1. The predicted molar refractivity (Wildman–Crippen MR) is 74.4 cm³/mol. The monoisotopic (exact) mass is 322 g/mol. The zero-order valence-electron chi connectivity index (χ0n) is 11.9. The second kappa shape index (κ2) is 5.42. The lowest BCUT2D eigenvalue weighted by Crippen LogP contribution is -2.47. The van der Waals surface area contributed by atoms with E-state index in [1.54, 1.807) is 18.2 Å². The maximum atomic E-state index is 12.9. The molecule has 7 heteroatoms. The fourth-order valence-corrected chi connectivity index (χ4v) is 2.90. The molecule has 2 aromatic rings. The van der Waals surface area contributed by atoms with Gasteiger partial charge >= 0.3 is 6.18 Å². The molecule has 3 rings (SSSR count). The van der Waals surface area contributed by atoms with E-state index in [0.717, 1.165) is 12.3 Å². The van der Waals surface area contributed by atoms with Crippen molar-refractivity contribution in [2.24, 2.45) is 0 Å². The van der Waals surface area contributed by atoms with Crippen molar-refractivity contribution in [2.45, 2.75) is 30.5 Å². The predicted octanol–water partition coefficient (Wildman–Crippen LogP) is 2.83. The lowest BCUT2D eigenvalue weighted by atomic mass is 9.60. The summed E-state index contributed by atoms with van der Waals surface area (Å²) < 4.78 is 38.7. The number of carbonyl (C=O) groups excluding carboxylic acids is 1. The van der Waals surface area contributed by atoms with Crippen LogP contribution in [0, 0.1) is 0 Å². The van der Waals surface area contributed by atoms with Gasteiger partial charge in [-0.2, -0.15) is 13.2 Å². The number of Topliss-reactive ketones (excluding diaryl/α,β-unsaturated/α-hetero) is 1.